The van der Waals surface area contributed by atoms with Crippen LogP contribution in [0.3, 0.4) is 0 Å². The number of nitrogen functional groups attached to an aromatic ring is 1. The predicted octanol–water partition coefficient (Wildman–Crippen LogP) is 1.32. The molecule has 17 heavy (non-hydrogen) atoms. The molecule has 0 saturated heterocycles. The number of hydrogen-bond acceptors (Lipinski definition) is 5. The maximum atomic E-state index is 11.8. The first-order valence-corrected chi connectivity index (χ1v) is 4.93. The molecule has 0 radical (unpaired) electrons. The van der Waals surface area contributed by atoms with Crippen molar-refractivity contribution < 1.29 is 19.4 Å². The summed E-state index contributed by atoms with van der Waals surface area (Å²) in [6, 6.07) is 1.27. The lowest BCUT2D eigenvalue weighted by Crippen LogP contribution is -2.25. The van der Waals surface area contributed by atoms with Crippen LogP contribution in [0, 0.1) is 0 Å². The summed E-state index contributed by atoms with van der Waals surface area (Å²) in [4.78, 5) is 26.4. The van der Waals surface area contributed by atoms with Gasteiger partial charge in [-0.15, -0.1) is 0 Å². The first-order valence-electron chi connectivity index (χ1n) is 4.93. The normalized spacial score (nSPS) is 11.0. The molecule has 0 aliphatic carbocycles. The van der Waals surface area contributed by atoms with E-state index in [1.165, 1.54) is 12.3 Å². The van der Waals surface area contributed by atoms with Crippen LogP contribution in [-0.4, -0.2) is 27.6 Å². The van der Waals surface area contributed by atoms with Gasteiger partial charge in [0.1, 0.15) is 17.0 Å². The molecular formula is C11H14N2O4. The summed E-state index contributed by atoms with van der Waals surface area (Å²) in [7, 11) is 0. The van der Waals surface area contributed by atoms with Crippen LogP contribution in [0.1, 0.15) is 41.5 Å². The first kappa shape index (κ1) is 13.0. The highest BCUT2D eigenvalue weighted by atomic mass is 16.6. The van der Waals surface area contributed by atoms with Gasteiger partial charge in [0.05, 0.1) is 5.56 Å². The number of anilines is 1. The van der Waals surface area contributed by atoms with Gasteiger partial charge >= 0.3 is 11.9 Å². The van der Waals surface area contributed by atoms with E-state index in [-0.39, 0.29) is 16.9 Å². The Hall–Kier alpha value is -2.11. The van der Waals surface area contributed by atoms with Crippen molar-refractivity contribution in [1.29, 1.82) is 0 Å². The molecule has 1 heterocycles. The van der Waals surface area contributed by atoms with E-state index in [0.29, 0.717) is 0 Å². The summed E-state index contributed by atoms with van der Waals surface area (Å²) in [5.41, 5.74) is 4.29. The van der Waals surface area contributed by atoms with Crippen molar-refractivity contribution in [3.05, 3.63) is 23.4 Å². The third kappa shape index (κ3) is 3.17. The number of nitrogens with two attached hydrogens (primary N) is 1. The van der Waals surface area contributed by atoms with Gasteiger partial charge in [-0.05, 0) is 26.8 Å². The van der Waals surface area contributed by atoms with Gasteiger partial charge < -0.3 is 15.6 Å². The molecule has 1 aromatic rings. The summed E-state index contributed by atoms with van der Waals surface area (Å²) in [5, 5.41) is 8.97. The second-order valence-electron chi connectivity index (χ2n) is 4.43. The highest BCUT2D eigenvalue weighted by Gasteiger charge is 2.24. The van der Waals surface area contributed by atoms with E-state index in [9.17, 15) is 9.59 Å². The fourth-order valence-electron chi connectivity index (χ4n) is 1.21. The molecule has 0 fully saturated rings. The molecule has 6 nitrogen and oxygen atoms in total. The van der Waals surface area contributed by atoms with Crippen molar-refractivity contribution in [3.63, 3.8) is 0 Å². The third-order valence-corrected chi connectivity index (χ3v) is 1.81. The molecular weight excluding hydrogens is 224 g/mol. The van der Waals surface area contributed by atoms with Gasteiger partial charge in [-0.25, -0.2) is 14.6 Å². The fraction of sp³-hybridized carbons (Fsp3) is 0.364. The maximum Gasteiger partial charge on any atom is 0.340 e. The molecule has 1 aromatic heterocycles. The number of carbonyl (C=O) groups is 2. The predicted molar refractivity (Wildman–Crippen MR) is 60.8 cm³/mol. The fourth-order valence-corrected chi connectivity index (χ4v) is 1.21. The van der Waals surface area contributed by atoms with E-state index in [1.807, 2.05) is 0 Å². The summed E-state index contributed by atoms with van der Waals surface area (Å²) >= 11 is 0. The van der Waals surface area contributed by atoms with Gasteiger partial charge in [-0.1, -0.05) is 0 Å². The minimum Gasteiger partial charge on any atom is -0.478 e. The molecule has 1 rings (SSSR count). The number of pyridine rings is 1. The van der Waals surface area contributed by atoms with Crippen molar-refractivity contribution in [3.8, 4) is 0 Å². The summed E-state index contributed by atoms with van der Waals surface area (Å²) in [6.45, 7) is 5.07. The standard InChI is InChI=1S/C11H14N2O4/c1-11(2,3)17-10(16)6-4-5-13-8(12)7(6)9(14)15/h4-5H,1-3H3,(H2,12,13)(H,14,15). The minimum absolute atomic E-state index is 0.0973. The van der Waals surface area contributed by atoms with Crippen LogP contribution in [0.5, 0.6) is 0 Å². The Balaban J connectivity index is 3.19. The molecule has 0 amide bonds. The van der Waals surface area contributed by atoms with Crippen LogP contribution < -0.4 is 5.73 Å². The lowest BCUT2D eigenvalue weighted by Gasteiger charge is -2.20. The van der Waals surface area contributed by atoms with Crippen molar-refractivity contribution in [2.45, 2.75) is 26.4 Å². The van der Waals surface area contributed by atoms with Crippen LogP contribution in [-0.2, 0) is 4.74 Å². The van der Waals surface area contributed by atoms with E-state index in [1.54, 1.807) is 20.8 Å². The monoisotopic (exact) mass is 238 g/mol. The second kappa shape index (κ2) is 4.40. The van der Waals surface area contributed by atoms with Crippen LogP contribution in [0.15, 0.2) is 12.3 Å². The Morgan fingerprint density at radius 1 is 1.41 bits per heavy atom. The van der Waals surface area contributed by atoms with Crippen molar-refractivity contribution in [2.24, 2.45) is 0 Å². The number of carbonyl (C=O) groups excluding carboxylic acids is 1. The van der Waals surface area contributed by atoms with Crippen LogP contribution in [0.4, 0.5) is 5.82 Å². The van der Waals surface area contributed by atoms with E-state index in [4.69, 9.17) is 15.6 Å². The second-order valence-corrected chi connectivity index (χ2v) is 4.43. The number of hydrogen-bond donors (Lipinski definition) is 2. The smallest absolute Gasteiger partial charge is 0.340 e. The lowest BCUT2D eigenvalue weighted by atomic mass is 10.1. The van der Waals surface area contributed by atoms with Gasteiger partial charge in [0.25, 0.3) is 0 Å². The largest absolute Gasteiger partial charge is 0.478 e. The number of aromatic nitrogens is 1. The lowest BCUT2D eigenvalue weighted by molar-refractivity contribution is 0.00658. The number of carboxylic acid groups (broad SMARTS) is 1. The van der Waals surface area contributed by atoms with E-state index in [0.717, 1.165) is 0 Å². The quantitative estimate of drug-likeness (QED) is 0.753. The summed E-state index contributed by atoms with van der Waals surface area (Å²) < 4.78 is 5.08. The van der Waals surface area contributed by atoms with Gasteiger partial charge in [0.15, 0.2) is 0 Å². The molecule has 0 saturated carbocycles. The number of aromatic carboxylic acids is 1. The zero-order valence-electron chi connectivity index (χ0n) is 9.85. The Kier molecular flexibility index (Phi) is 3.36. The third-order valence-electron chi connectivity index (χ3n) is 1.81. The van der Waals surface area contributed by atoms with Crippen molar-refractivity contribution >= 4 is 17.8 Å². The van der Waals surface area contributed by atoms with Gasteiger partial charge in [0.2, 0.25) is 0 Å². The van der Waals surface area contributed by atoms with E-state index >= 15 is 0 Å². The number of esters is 1. The number of ether oxygens (including phenoxy) is 1. The Morgan fingerprint density at radius 2 is 2.00 bits per heavy atom. The number of rotatable bonds is 2. The molecule has 92 valence electrons. The van der Waals surface area contributed by atoms with Crippen LogP contribution >= 0.6 is 0 Å². The minimum atomic E-state index is -1.31. The van der Waals surface area contributed by atoms with E-state index < -0.39 is 17.5 Å². The highest BCUT2D eigenvalue weighted by molar-refractivity contribution is 6.05. The Bertz CT molecular complexity index is 463. The average molecular weight is 238 g/mol. The highest BCUT2D eigenvalue weighted by Crippen LogP contribution is 2.18. The molecule has 6 heteroatoms. The van der Waals surface area contributed by atoms with Gasteiger partial charge in [-0.2, -0.15) is 0 Å². The molecule has 0 atom stereocenters. The van der Waals surface area contributed by atoms with Crippen molar-refractivity contribution in [2.75, 3.05) is 5.73 Å². The summed E-state index contributed by atoms with van der Waals surface area (Å²) in [5.74, 6) is -2.25. The topological polar surface area (TPSA) is 103 Å². The maximum absolute atomic E-state index is 11.8. The summed E-state index contributed by atoms with van der Waals surface area (Å²) in [6.07, 6.45) is 1.26. The first-order chi connectivity index (χ1) is 7.72. The zero-order chi connectivity index (χ0) is 13.2. The van der Waals surface area contributed by atoms with Crippen molar-refractivity contribution in [1.82, 2.24) is 4.98 Å². The Labute approximate surface area is 98.4 Å². The van der Waals surface area contributed by atoms with Crippen LogP contribution in [0.25, 0.3) is 0 Å². The molecule has 0 aliphatic heterocycles. The molecule has 0 spiro atoms. The van der Waals surface area contributed by atoms with E-state index in [2.05, 4.69) is 4.98 Å². The van der Waals surface area contributed by atoms with Crippen LogP contribution in [0.2, 0.25) is 0 Å². The Morgan fingerprint density at radius 3 is 2.47 bits per heavy atom. The number of nitrogens with zero attached hydrogens (tertiary/aromatic N) is 1. The number of carboxylic acids is 1. The SMILES string of the molecule is CC(C)(C)OC(=O)c1ccnc(N)c1C(=O)O. The average Bonchev–Trinajstić information content (AvgIpc) is 2.13. The molecule has 3 N–H and O–H groups in total. The molecule has 0 aromatic carbocycles. The van der Waals surface area contributed by atoms with Gasteiger partial charge in [-0.3, -0.25) is 0 Å². The molecule has 0 bridgehead atoms. The molecule has 0 unspecified atom stereocenters. The zero-order valence-corrected chi connectivity index (χ0v) is 9.85. The molecule has 0 aliphatic rings. The van der Waals surface area contributed by atoms with Gasteiger partial charge in [0, 0.05) is 6.20 Å².